The van der Waals surface area contributed by atoms with Crippen molar-refractivity contribution in [3.05, 3.63) is 35.4 Å². The molecule has 0 fully saturated rings. The second-order valence-corrected chi connectivity index (χ2v) is 4.51. The molecule has 1 aliphatic rings. The fourth-order valence-corrected chi connectivity index (χ4v) is 2.44. The summed E-state index contributed by atoms with van der Waals surface area (Å²) in [6.07, 6.45) is 1.46. The highest BCUT2D eigenvalue weighted by molar-refractivity contribution is 6.64. The highest BCUT2D eigenvalue weighted by atomic mass is 16.5. The van der Waals surface area contributed by atoms with Crippen molar-refractivity contribution >= 4 is 23.3 Å². The van der Waals surface area contributed by atoms with Gasteiger partial charge in [-0.05, 0) is 24.5 Å². The zero-order valence-electron chi connectivity index (χ0n) is 11.4. The van der Waals surface area contributed by atoms with E-state index in [1.807, 2.05) is 31.2 Å². The van der Waals surface area contributed by atoms with Crippen molar-refractivity contribution in [3.63, 3.8) is 0 Å². The van der Waals surface area contributed by atoms with Crippen molar-refractivity contribution in [2.45, 2.75) is 25.8 Å². The van der Waals surface area contributed by atoms with Gasteiger partial charge < -0.3 is 10.3 Å². The zero-order chi connectivity index (χ0) is 14.7. The summed E-state index contributed by atoms with van der Waals surface area (Å²) < 4.78 is 4.46. The van der Waals surface area contributed by atoms with Crippen LogP contribution in [0.15, 0.2) is 24.3 Å². The lowest BCUT2D eigenvalue weighted by Gasteiger charge is -2.22. The second kappa shape index (κ2) is 5.67. The third kappa shape index (κ3) is 2.21. The molecule has 1 aliphatic heterocycles. The Morgan fingerprint density at radius 2 is 2.15 bits per heavy atom. The van der Waals surface area contributed by atoms with Crippen molar-refractivity contribution in [2.75, 3.05) is 12.0 Å². The minimum absolute atomic E-state index is 0.0543. The lowest BCUT2D eigenvalue weighted by atomic mass is 10.1. The van der Waals surface area contributed by atoms with Gasteiger partial charge in [-0.1, -0.05) is 25.1 Å². The van der Waals surface area contributed by atoms with Gasteiger partial charge in [0.05, 0.1) is 7.11 Å². The van der Waals surface area contributed by atoms with Crippen LogP contribution in [-0.4, -0.2) is 35.5 Å². The predicted molar refractivity (Wildman–Crippen MR) is 72.4 cm³/mol. The van der Waals surface area contributed by atoms with E-state index in [1.54, 1.807) is 0 Å². The number of carbonyl (C=O) groups excluding carboxylic acids is 2. The molecule has 0 aromatic heterocycles. The highest BCUT2D eigenvalue weighted by Gasteiger charge is 2.41. The summed E-state index contributed by atoms with van der Waals surface area (Å²) in [5, 5.41) is 0. The Kier molecular flexibility index (Phi) is 3.96. The number of benzene rings is 1. The molecule has 2 rings (SSSR count). The molecule has 1 atom stereocenters. The molecule has 104 valence electrons. The summed E-state index contributed by atoms with van der Waals surface area (Å²) in [5.41, 5.74) is 10.1. The first kappa shape index (κ1) is 14.0. The van der Waals surface area contributed by atoms with Gasteiger partial charge in [0.2, 0.25) is 0 Å². The van der Waals surface area contributed by atoms with Crippen molar-refractivity contribution in [3.8, 4) is 0 Å². The molecule has 6 nitrogen and oxygen atoms in total. The van der Waals surface area contributed by atoms with Crippen LogP contribution in [0.3, 0.4) is 0 Å². The van der Waals surface area contributed by atoms with Crippen LogP contribution in [0.1, 0.15) is 18.9 Å². The van der Waals surface area contributed by atoms with E-state index in [0.717, 1.165) is 31.2 Å². The van der Waals surface area contributed by atoms with Gasteiger partial charge in [-0.2, -0.15) is 4.79 Å². The van der Waals surface area contributed by atoms with Crippen molar-refractivity contribution in [1.82, 2.24) is 0 Å². The molecule has 1 amide bonds. The van der Waals surface area contributed by atoms with E-state index in [1.165, 1.54) is 4.90 Å². The quantitative estimate of drug-likeness (QED) is 0.273. The number of ether oxygens (including phenoxy) is 1. The molecule has 0 spiro atoms. The first-order valence-electron chi connectivity index (χ1n) is 6.35. The number of esters is 1. The number of nitrogens with zero attached hydrogens (tertiary/aromatic N) is 3. The van der Waals surface area contributed by atoms with Gasteiger partial charge >= 0.3 is 17.6 Å². The summed E-state index contributed by atoms with van der Waals surface area (Å²) in [5.74, 6) is -1.59. The Hall–Kier alpha value is -2.46. The summed E-state index contributed by atoms with van der Waals surface area (Å²) in [6.45, 7) is 1.96. The molecular formula is C14H15N3O3. The van der Waals surface area contributed by atoms with Crippen molar-refractivity contribution < 1.29 is 19.1 Å². The monoisotopic (exact) mass is 273 g/mol. The van der Waals surface area contributed by atoms with Crippen LogP contribution < -0.4 is 4.90 Å². The lowest BCUT2D eigenvalue weighted by Crippen LogP contribution is -2.45. The summed E-state index contributed by atoms with van der Waals surface area (Å²) in [4.78, 5) is 28.2. The molecule has 6 heteroatoms. The van der Waals surface area contributed by atoms with Gasteiger partial charge in [0.25, 0.3) is 0 Å². The summed E-state index contributed by atoms with van der Waals surface area (Å²) in [6, 6.07) is 7.43. The maximum atomic E-state index is 12.4. The molecule has 0 radical (unpaired) electrons. The maximum absolute atomic E-state index is 12.4. The zero-order valence-corrected chi connectivity index (χ0v) is 11.4. The number of rotatable bonds is 3. The van der Waals surface area contributed by atoms with Crippen LogP contribution in [0.2, 0.25) is 0 Å². The number of hydrogen-bond acceptors (Lipinski definition) is 3. The third-order valence-corrected chi connectivity index (χ3v) is 3.44. The van der Waals surface area contributed by atoms with Gasteiger partial charge in [-0.15, -0.1) is 0 Å². The van der Waals surface area contributed by atoms with Gasteiger partial charge in [0, 0.05) is 11.7 Å². The standard InChI is InChI=1S/C14H15N3O3/c1-3-10-8-9-6-4-5-7-11(9)17(10)13(18)12(16-15)14(19)20-2/h4-7,10H,3,8H2,1-2H3. The first-order valence-corrected chi connectivity index (χ1v) is 6.35. The molecule has 1 aromatic carbocycles. The molecule has 0 saturated carbocycles. The molecule has 0 saturated heterocycles. The van der Waals surface area contributed by atoms with Gasteiger partial charge in [-0.25, -0.2) is 4.79 Å². The number of methoxy groups -OCH3 is 1. The molecule has 20 heavy (non-hydrogen) atoms. The number of para-hydroxylation sites is 1. The molecular weight excluding hydrogens is 258 g/mol. The topological polar surface area (TPSA) is 83.0 Å². The van der Waals surface area contributed by atoms with Gasteiger partial charge in [-0.3, -0.25) is 9.69 Å². The van der Waals surface area contributed by atoms with E-state index in [4.69, 9.17) is 5.53 Å². The van der Waals surface area contributed by atoms with Crippen molar-refractivity contribution in [1.29, 1.82) is 0 Å². The Morgan fingerprint density at radius 1 is 1.45 bits per heavy atom. The van der Waals surface area contributed by atoms with E-state index in [2.05, 4.69) is 9.53 Å². The maximum Gasteiger partial charge on any atom is 0.463 e. The van der Waals surface area contributed by atoms with Gasteiger partial charge in [0.1, 0.15) is 0 Å². The van der Waals surface area contributed by atoms with Crippen LogP contribution in [0.25, 0.3) is 5.53 Å². The third-order valence-electron chi connectivity index (χ3n) is 3.44. The average Bonchev–Trinajstić information content (AvgIpc) is 2.85. The number of amides is 1. The highest BCUT2D eigenvalue weighted by Crippen LogP contribution is 2.33. The van der Waals surface area contributed by atoms with E-state index >= 15 is 0 Å². The van der Waals surface area contributed by atoms with Crippen LogP contribution in [-0.2, 0) is 20.7 Å². The fraction of sp³-hybridized carbons (Fsp3) is 0.357. The summed E-state index contributed by atoms with van der Waals surface area (Å²) in [7, 11) is 1.13. The lowest BCUT2D eigenvalue weighted by molar-refractivity contribution is -0.139. The predicted octanol–water partition coefficient (Wildman–Crippen LogP) is 1.20. The smallest absolute Gasteiger partial charge is 0.460 e. The number of hydrogen-bond donors (Lipinski definition) is 0. The van der Waals surface area contributed by atoms with E-state index < -0.39 is 17.6 Å². The fourth-order valence-electron chi connectivity index (χ4n) is 2.44. The molecule has 0 bridgehead atoms. The Labute approximate surface area is 116 Å². The number of carbonyl (C=O) groups is 2. The molecule has 0 aliphatic carbocycles. The van der Waals surface area contributed by atoms with E-state index in [0.29, 0.717) is 0 Å². The first-order chi connectivity index (χ1) is 9.63. The molecule has 1 aromatic rings. The average molecular weight is 273 g/mol. The normalized spacial score (nSPS) is 16.3. The van der Waals surface area contributed by atoms with Crippen LogP contribution in [0.5, 0.6) is 0 Å². The van der Waals surface area contributed by atoms with E-state index in [-0.39, 0.29) is 6.04 Å². The SMILES string of the molecule is CCC1Cc2ccccc2N1C(=O)C(=[N+]=[N-])C(=O)OC. The largest absolute Gasteiger partial charge is 0.463 e. The van der Waals surface area contributed by atoms with Crippen LogP contribution in [0.4, 0.5) is 5.69 Å². The molecule has 0 N–H and O–H groups in total. The minimum atomic E-state index is -0.947. The Balaban J connectivity index is 2.42. The molecule has 1 unspecified atom stereocenters. The Bertz CT molecular complexity index is 605. The second-order valence-electron chi connectivity index (χ2n) is 4.51. The van der Waals surface area contributed by atoms with E-state index in [9.17, 15) is 9.59 Å². The molecule has 1 heterocycles. The van der Waals surface area contributed by atoms with Crippen LogP contribution in [0, 0.1) is 0 Å². The number of fused-ring (bicyclic) bond motifs is 1. The van der Waals surface area contributed by atoms with Crippen molar-refractivity contribution in [2.24, 2.45) is 0 Å². The van der Waals surface area contributed by atoms with Crippen LogP contribution >= 0.6 is 0 Å². The Morgan fingerprint density at radius 3 is 2.75 bits per heavy atom. The minimum Gasteiger partial charge on any atom is -0.460 e. The number of anilines is 1. The summed E-state index contributed by atoms with van der Waals surface area (Å²) >= 11 is 0. The van der Waals surface area contributed by atoms with Gasteiger partial charge in [0.15, 0.2) is 0 Å².